The molecule has 2 aromatic rings. The summed E-state index contributed by atoms with van der Waals surface area (Å²) in [5.41, 5.74) is 6.24. The molecule has 0 radical (unpaired) electrons. The maximum absolute atomic E-state index is 6.51. The molecule has 112 valence electrons. The second-order valence-electron chi connectivity index (χ2n) is 5.66. The third kappa shape index (κ3) is 3.66. The van der Waals surface area contributed by atoms with Gasteiger partial charge >= 0.3 is 0 Å². The molecule has 0 saturated carbocycles. The summed E-state index contributed by atoms with van der Waals surface area (Å²) in [5, 5.41) is 4.32. The number of benzene rings is 2. The van der Waals surface area contributed by atoms with Gasteiger partial charge in [-0.15, -0.1) is 0 Å². The van der Waals surface area contributed by atoms with Crippen molar-refractivity contribution in [2.45, 2.75) is 40.2 Å². The average molecular weight is 302 g/mol. The van der Waals surface area contributed by atoms with E-state index in [-0.39, 0.29) is 6.04 Å². The monoisotopic (exact) mass is 301 g/mol. The lowest BCUT2D eigenvalue weighted by atomic mass is 9.95. The van der Waals surface area contributed by atoms with Crippen LogP contribution in [0.3, 0.4) is 0 Å². The Kier molecular flexibility index (Phi) is 5.44. The van der Waals surface area contributed by atoms with E-state index in [9.17, 15) is 0 Å². The van der Waals surface area contributed by atoms with Gasteiger partial charge < -0.3 is 5.32 Å². The predicted molar refractivity (Wildman–Crippen MR) is 93.1 cm³/mol. The lowest BCUT2D eigenvalue weighted by Crippen LogP contribution is -2.19. The minimum Gasteiger partial charge on any atom is -0.310 e. The van der Waals surface area contributed by atoms with Gasteiger partial charge in [0.15, 0.2) is 0 Å². The summed E-state index contributed by atoms with van der Waals surface area (Å²) in [6.45, 7) is 9.65. The lowest BCUT2D eigenvalue weighted by molar-refractivity contribution is 0.571. The summed E-state index contributed by atoms with van der Waals surface area (Å²) in [6.07, 6.45) is 1.13. The molecule has 0 aliphatic carbocycles. The molecule has 2 aromatic carbocycles. The van der Waals surface area contributed by atoms with Gasteiger partial charge in [-0.1, -0.05) is 48.9 Å². The fourth-order valence-corrected chi connectivity index (χ4v) is 2.92. The van der Waals surface area contributed by atoms with Crippen molar-refractivity contribution in [1.82, 2.24) is 5.32 Å². The van der Waals surface area contributed by atoms with Crippen LogP contribution in [0.4, 0.5) is 0 Å². The first-order valence-corrected chi connectivity index (χ1v) is 8.01. The van der Waals surface area contributed by atoms with Gasteiger partial charge in [-0.05, 0) is 67.6 Å². The zero-order chi connectivity index (χ0) is 15.4. The number of nitrogens with one attached hydrogen (secondary N) is 1. The number of halogens is 1. The van der Waals surface area contributed by atoms with Crippen molar-refractivity contribution in [3.05, 3.63) is 58.1 Å². The van der Waals surface area contributed by atoms with Crippen LogP contribution in [-0.2, 0) is 0 Å². The molecule has 2 rings (SSSR count). The first-order valence-electron chi connectivity index (χ1n) is 7.64. The zero-order valence-corrected chi connectivity index (χ0v) is 14.1. The van der Waals surface area contributed by atoms with Gasteiger partial charge in [0.2, 0.25) is 0 Å². The molecule has 0 saturated heterocycles. The van der Waals surface area contributed by atoms with Crippen LogP contribution in [0.1, 0.15) is 43.0 Å². The maximum atomic E-state index is 6.51. The van der Waals surface area contributed by atoms with Crippen molar-refractivity contribution in [2.75, 3.05) is 6.54 Å². The third-order valence-corrected chi connectivity index (χ3v) is 4.41. The quantitative estimate of drug-likeness (QED) is 0.748. The fraction of sp³-hybridized carbons (Fsp3) is 0.368. The van der Waals surface area contributed by atoms with E-state index in [1.165, 1.54) is 27.8 Å². The highest BCUT2D eigenvalue weighted by atomic mass is 35.5. The molecule has 0 aromatic heterocycles. The Labute approximate surface area is 133 Å². The smallest absolute Gasteiger partial charge is 0.0459 e. The molecule has 0 spiro atoms. The summed E-state index contributed by atoms with van der Waals surface area (Å²) in [5.74, 6) is 0. The Morgan fingerprint density at radius 1 is 1.14 bits per heavy atom. The van der Waals surface area contributed by atoms with Crippen LogP contribution in [-0.4, -0.2) is 6.54 Å². The van der Waals surface area contributed by atoms with Crippen LogP contribution in [0.15, 0.2) is 36.4 Å². The number of hydrogen-bond acceptors (Lipinski definition) is 1. The third-order valence-electron chi connectivity index (χ3n) is 4.08. The van der Waals surface area contributed by atoms with E-state index in [2.05, 4.69) is 69.4 Å². The fourth-order valence-electron chi connectivity index (χ4n) is 2.58. The van der Waals surface area contributed by atoms with Crippen LogP contribution in [0.5, 0.6) is 0 Å². The summed E-state index contributed by atoms with van der Waals surface area (Å²) in [4.78, 5) is 0. The topological polar surface area (TPSA) is 12.0 Å². The molecule has 0 fully saturated rings. The highest BCUT2D eigenvalue weighted by Gasteiger charge is 2.11. The Balaban J connectivity index is 2.33. The second-order valence-corrected chi connectivity index (χ2v) is 6.07. The van der Waals surface area contributed by atoms with E-state index in [0.717, 1.165) is 18.0 Å². The molecular formula is C19H24ClN. The molecule has 2 heteroatoms. The van der Waals surface area contributed by atoms with Crippen LogP contribution >= 0.6 is 11.6 Å². The van der Waals surface area contributed by atoms with Crippen molar-refractivity contribution in [2.24, 2.45) is 0 Å². The van der Waals surface area contributed by atoms with Crippen molar-refractivity contribution in [1.29, 1.82) is 0 Å². The molecule has 0 aliphatic heterocycles. The van der Waals surface area contributed by atoms with Gasteiger partial charge in [0, 0.05) is 11.1 Å². The molecule has 0 amide bonds. The Morgan fingerprint density at radius 2 is 1.90 bits per heavy atom. The normalized spacial score (nSPS) is 12.4. The van der Waals surface area contributed by atoms with Gasteiger partial charge in [-0.2, -0.15) is 0 Å². The molecule has 0 aliphatic rings. The molecule has 1 N–H and O–H groups in total. The van der Waals surface area contributed by atoms with E-state index in [1.807, 2.05) is 0 Å². The van der Waals surface area contributed by atoms with E-state index in [4.69, 9.17) is 11.6 Å². The number of aryl methyl sites for hydroxylation is 1. The van der Waals surface area contributed by atoms with Gasteiger partial charge in [-0.25, -0.2) is 0 Å². The Hall–Kier alpha value is -1.31. The van der Waals surface area contributed by atoms with E-state index < -0.39 is 0 Å². The van der Waals surface area contributed by atoms with Crippen LogP contribution in [0, 0.1) is 13.8 Å². The van der Waals surface area contributed by atoms with Crippen molar-refractivity contribution >= 4 is 11.6 Å². The SMILES string of the molecule is CCCNC(C)c1ccc(-c2cccc(C)c2C)cc1Cl. The summed E-state index contributed by atoms with van der Waals surface area (Å²) in [6, 6.07) is 13.1. The van der Waals surface area contributed by atoms with Crippen LogP contribution < -0.4 is 5.32 Å². The van der Waals surface area contributed by atoms with Crippen molar-refractivity contribution in [3.63, 3.8) is 0 Å². The largest absolute Gasteiger partial charge is 0.310 e. The standard InChI is InChI=1S/C19H24ClN/c1-5-11-21-15(4)18-10-9-16(12-19(18)20)17-8-6-7-13(2)14(17)3/h6-10,12,15,21H,5,11H2,1-4H3. The minimum absolute atomic E-state index is 0.283. The molecule has 1 atom stereocenters. The number of hydrogen-bond donors (Lipinski definition) is 1. The van der Waals surface area contributed by atoms with E-state index in [0.29, 0.717) is 0 Å². The molecule has 1 nitrogen and oxygen atoms in total. The van der Waals surface area contributed by atoms with Crippen LogP contribution in [0.25, 0.3) is 11.1 Å². The zero-order valence-electron chi connectivity index (χ0n) is 13.3. The Bertz CT molecular complexity index is 619. The second kappa shape index (κ2) is 7.11. The molecule has 0 bridgehead atoms. The highest BCUT2D eigenvalue weighted by Crippen LogP contribution is 2.31. The van der Waals surface area contributed by atoms with E-state index in [1.54, 1.807) is 0 Å². The first-order chi connectivity index (χ1) is 10.0. The molecule has 1 unspecified atom stereocenters. The van der Waals surface area contributed by atoms with Crippen molar-refractivity contribution in [3.8, 4) is 11.1 Å². The van der Waals surface area contributed by atoms with E-state index >= 15 is 0 Å². The summed E-state index contributed by atoms with van der Waals surface area (Å²) >= 11 is 6.51. The predicted octanol–water partition coefficient (Wildman–Crippen LogP) is 5.68. The lowest BCUT2D eigenvalue weighted by Gasteiger charge is -2.17. The van der Waals surface area contributed by atoms with Gasteiger partial charge in [0.25, 0.3) is 0 Å². The number of rotatable bonds is 5. The minimum atomic E-state index is 0.283. The van der Waals surface area contributed by atoms with Crippen LogP contribution in [0.2, 0.25) is 5.02 Å². The first kappa shape index (κ1) is 16.1. The van der Waals surface area contributed by atoms with Crippen molar-refractivity contribution < 1.29 is 0 Å². The average Bonchev–Trinajstić information content (AvgIpc) is 2.47. The molecule has 21 heavy (non-hydrogen) atoms. The molecular weight excluding hydrogens is 278 g/mol. The summed E-state index contributed by atoms with van der Waals surface area (Å²) < 4.78 is 0. The highest BCUT2D eigenvalue weighted by molar-refractivity contribution is 6.31. The van der Waals surface area contributed by atoms with Gasteiger partial charge in [0.1, 0.15) is 0 Å². The molecule has 0 heterocycles. The maximum Gasteiger partial charge on any atom is 0.0459 e. The Morgan fingerprint density at radius 3 is 2.57 bits per heavy atom. The van der Waals surface area contributed by atoms with Gasteiger partial charge in [-0.3, -0.25) is 0 Å². The van der Waals surface area contributed by atoms with Gasteiger partial charge in [0.05, 0.1) is 0 Å². The summed E-state index contributed by atoms with van der Waals surface area (Å²) in [7, 11) is 0.